The molecule has 0 spiro atoms. The quantitative estimate of drug-likeness (QED) is 0.834. The van der Waals surface area contributed by atoms with Crippen LogP contribution in [0.3, 0.4) is 0 Å². The van der Waals surface area contributed by atoms with E-state index in [1.54, 1.807) is 7.11 Å². The second kappa shape index (κ2) is 7.41. The number of hydrogen-bond donors (Lipinski definition) is 2. The van der Waals surface area contributed by atoms with Crippen LogP contribution in [0.15, 0.2) is 18.2 Å². The molecule has 0 bridgehead atoms. The molecule has 4 nitrogen and oxygen atoms in total. The van der Waals surface area contributed by atoms with Crippen LogP contribution in [0.5, 0.6) is 0 Å². The topological polar surface area (TPSA) is 50.4 Å². The molecule has 0 aliphatic carbocycles. The summed E-state index contributed by atoms with van der Waals surface area (Å²) in [5.74, 6) is -0.00567. The van der Waals surface area contributed by atoms with E-state index in [-0.39, 0.29) is 11.9 Å². The van der Waals surface area contributed by atoms with Gasteiger partial charge in [-0.15, -0.1) is 0 Å². The molecule has 0 aromatic heterocycles. The summed E-state index contributed by atoms with van der Waals surface area (Å²) in [5, 5.41) is 6.39. The predicted molar refractivity (Wildman–Crippen MR) is 79.9 cm³/mol. The second-order valence-electron chi connectivity index (χ2n) is 5.32. The first-order chi connectivity index (χ1) is 9.74. The Morgan fingerprint density at radius 2 is 2.30 bits per heavy atom. The maximum atomic E-state index is 12.3. The zero-order valence-corrected chi connectivity index (χ0v) is 12.4. The van der Waals surface area contributed by atoms with Crippen molar-refractivity contribution in [2.75, 3.05) is 20.3 Å². The molecule has 1 aliphatic heterocycles. The first-order valence-corrected chi connectivity index (χ1v) is 7.37. The SMILES string of the molecule is CCCC(COC)NC(=O)c1ccc2c(c1)CNCC2. The van der Waals surface area contributed by atoms with Crippen molar-refractivity contribution in [2.24, 2.45) is 0 Å². The number of nitrogens with one attached hydrogen (secondary N) is 2. The van der Waals surface area contributed by atoms with E-state index < -0.39 is 0 Å². The molecule has 0 radical (unpaired) electrons. The summed E-state index contributed by atoms with van der Waals surface area (Å²) in [6, 6.07) is 6.10. The lowest BCUT2D eigenvalue weighted by molar-refractivity contribution is 0.0891. The van der Waals surface area contributed by atoms with Gasteiger partial charge in [-0.3, -0.25) is 4.79 Å². The molecule has 1 atom stereocenters. The monoisotopic (exact) mass is 276 g/mol. The van der Waals surface area contributed by atoms with E-state index in [9.17, 15) is 4.79 Å². The van der Waals surface area contributed by atoms with Crippen molar-refractivity contribution in [1.82, 2.24) is 10.6 Å². The molecule has 1 aliphatic rings. The highest BCUT2D eigenvalue weighted by atomic mass is 16.5. The van der Waals surface area contributed by atoms with Gasteiger partial charge in [0.2, 0.25) is 0 Å². The van der Waals surface area contributed by atoms with Gasteiger partial charge in [-0.1, -0.05) is 19.4 Å². The van der Waals surface area contributed by atoms with E-state index in [2.05, 4.69) is 23.6 Å². The smallest absolute Gasteiger partial charge is 0.251 e. The van der Waals surface area contributed by atoms with Gasteiger partial charge >= 0.3 is 0 Å². The summed E-state index contributed by atoms with van der Waals surface area (Å²) in [6.45, 7) is 4.54. The Morgan fingerprint density at radius 3 is 3.05 bits per heavy atom. The highest BCUT2D eigenvalue weighted by Gasteiger charge is 2.15. The van der Waals surface area contributed by atoms with Crippen LogP contribution in [0.25, 0.3) is 0 Å². The van der Waals surface area contributed by atoms with Crippen LogP contribution in [0, 0.1) is 0 Å². The van der Waals surface area contributed by atoms with Crippen molar-refractivity contribution in [3.05, 3.63) is 34.9 Å². The highest BCUT2D eigenvalue weighted by molar-refractivity contribution is 5.94. The highest BCUT2D eigenvalue weighted by Crippen LogP contribution is 2.16. The number of carbonyl (C=O) groups is 1. The van der Waals surface area contributed by atoms with Crippen LogP contribution in [0.2, 0.25) is 0 Å². The minimum absolute atomic E-state index is 0.00567. The van der Waals surface area contributed by atoms with E-state index in [0.29, 0.717) is 6.61 Å². The third-order valence-corrected chi connectivity index (χ3v) is 3.70. The number of carbonyl (C=O) groups excluding carboxylic acids is 1. The lowest BCUT2D eigenvalue weighted by Crippen LogP contribution is -2.38. The molecule has 20 heavy (non-hydrogen) atoms. The molecule has 0 fully saturated rings. The number of ether oxygens (including phenoxy) is 1. The molecule has 1 aromatic carbocycles. The molecule has 1 unspecified atom stereocenters. The van der Waals surface area contributed by atoms with Gasteiger partial charge in [0.1, 0.15) is 0 Å². The first kappa shape index (κ1) is 15.0. The summed E-state index contributed by atoms with van der Waals surface area (Å²) >= 11 is 0. The van der Waals surface area contributed by atoms with Gasteiger partial charge in [0.25, 0.3) is 5.91 Å². The van der Waals surface area contributed by atoms with Crippen LogP contribution in [-0.2, 0) is 17.7 Å². The lowest BCUT2D eigenvalue weighted by atomic mass is 9.98. The Kier molecular flexibility index (Phi) is 5.56. The van der Waals surface area contributed by atoms with E-state index in [0.717, 1.165) is 37.9 Å². The van der Waals surface area contributed by atoms with Gasteiger partial charge in [0.05, 0.1) is 12.6 Å². The van der Waals surface area contributed by atoms with Crippen molar-refractivity contribution >= 4 is 5.91 Å². The fraction of sp³-hybridized carbons (Fsp3) is 0.562. The molecule has 4 heteroatoms. The molecule has 1 amide bonds. The Hall–Kier alpha value is -1.39. The summed E-state index contributed by atoms with van der Waals surface area (Å²) in [7, 11) is 1.67. The van der Waals surface area contributed by atoms with Crippen LogP contribution in [-0.4, -0.2) is 32.2 Å². The minimum Gasteiger partial charge on any atom is -0.383 e. The maximum absolute atomic E-state index is 12.3. The van der Waals surface area contributed by atoms with Gasteiger partial charge < -0.3 is 15.4 Å². The van der Waals surface area contributed by atoms with Gasteiger partial charge in [0.15, 0.2) is 0 Å². The second-order valence-corrected chi connectivity index (χ2v) is 5.32. The van der Waals surface area contributed by atoms with Crippen molar-refractivity contribution in [2.45, 2.75) is 38.8 Å². The summed E-state index contributed by atoms with van der Waals surface area (Å²) in [6.07, 6.45) is 3.01. The molecule has 1 heterocycles. The van der Waals surface area contributed by atoms with Crippen molar-refractivity contribution < 1.29 is 9.53 Å². The van der Waals surface area contributed by atoms with Gasteiger partial charge in [0, 0.05) is 19.2 Å². The van der Waals surface area contributed by atoms with Gasteiger partial charge in [-0.2, -0.15) is 0 Å². The molecule has 2 N–H and O–H groups in total. The minimum atomic E-state index is -0.00567. The molecule has 0 saturated heterocycles. The number of amides is 1. The predicted octanol–water partition coefficient (Wildman–Crippen LogP) is 1.88. The van der Waals surface area contributed by atoms with Crippen LogP contribution >= 0.6 is 0 Å². The number of benzene rings is 1. The largest absolute Gasteiger partial charge is 0.383 e. The van der Waals surface area contributed by atoms with Crippen LogP contribution in [0.1, 0.15) is 41.3 Å². The van der Waals surface area contributed by atoms with Gasteiger partial charge in [-0.25, -0.2) is 0 Å². The zero-order chi connectivity index (χ0) is 14.4. The zero-order valence-electron chi connectivity index (χ0n) is 12.4. The normalized spacial score (nSPS) is 15.5. The third-order valence-electron chi connectivity index (χ3n) is 3.70. The molecule has 1 aromatic rings. The number of fused-ring (bicyclic) bond motifs is 1. The number of hydrogen-bond acceptors (Lipinski definition) is 3. The van der Waals surface area contributed by atoms with Crippen LogP contribution < -0.4 is 10.6 Å². The lowest BCUT2D eigenvalue weighted by Gasteiger charge is -2.20. The average molecular weight is 276 g/mol. The summed E-state index contributed by atoms with van der Waals surface area (Å²) < 4.78 is 5.16. The molecular formula is C16H24N2O2. The van der Waals surface area contributed by atoms with E-state index in [4.69, 9.17) is 4.74 Å². The molecule has 0 saturated carbocycles. The molecule has 110 valence electrons. The summed E-state index contributed by atoms with van der Waals surface area (Å²) in [5.41, 5.74) is 3.33. The number of methoxy groups -OCH3 is 1. The van der Waals surface area contributed by atoms with Crippen molar-refractivity contribution in [3.63, 3.8) is 0 Å². The number of rotatable bonds is 6. The Labute approximate surface area is 120 Å². The summed E-state index contributed by atoms with van der Waals surface area (Å²) in [4.78, 5) is 12.3. The maximum Gasteiger partial charge on any atom is 0.251 e. The fourth-order valence-electron chi connectivity index (χ4n) is 2.64. The molecular weight excluding hydrogens is 252 g/mol. The van der Waals surface area contributed by atoms with Gasteiger partial charge in [-0.05, 0) is 42.6 Å². The Balaban J connectivity index is 2.04. The average Bonchev–Trinajstić information content (AvgIpc) is 2.47. The fourth-order valence-corrected chi connectivity index (χ4v) is 2.64. The van der Waals surface area contributed by atoms with E-state index in [1.165, 1.54) is 11.1 Å². The van der Waals surface area contributed by atoms with E-state index >= 15 is 0 Å². The Bertz CT molecular complexity index is 454. The molecule has 2 rings (SSSR count). The third kappa shape index (κ3) is 3.81. The van der Waals surface area contributed by atoms with Crippen molar-refractivity contribution in [3.8, 4) is 0 Å². The Morgan fingerprint density at radius 1 is 1.45 bits per heavy atom. The van der Waals surface area contributed by atoms with Crippen molar-refractivity contribution in [1.29, 1.82) is 0 Å². The van der Waals surface area contributed by atoms with Crippen LogP contribution in [0.4, 0.5) is 0 Å². The first-order valence-electron chi connectivity index (χ1n) is 7.37. The van der Waals surface area contributed by atoms with E-state index in [1.807, 2.05) is 12.1 Å². The standard InChI is InChI=1S/C16H24N2O2/c1-3-4-15(11-20-2)18-16(19)13-6-5-12-7-8-17-10-14(12)9-13/h5-6,9,15,17H,3-4,7-8,10-11H2,1-2H3,(H,18,19).